The minimum Gasteiger partial charge on any atom is -0.484 e. The van der Waals surface area contributed by atoms with Gasteiger partial charge in [0.1, 0.15) is 17.3 Å². The van der Waals surface area contributed by atoms with Crippen LogP contribution in [0.4, 0.5) is 4.39 Å². The van der Waals surface area contributed by atoms with E-state index in [0.29, 0.717) is 36.3 Å². The van der Waals surface area contributed by atoms with Crippen LogP contribution in [0.3, 0.4) is 0 Å². The molecule has 2 heterocycles. The fraction of sp³-hybridized carbons (Fsp3) is 0.350. The van der Waals surface area contributed by atoms with Crippen molar-refractivity contribution < 1.29 is 18.7 Å². The fourth-order valence-corrected chi connectivity index (χ4v) is 3.24. The quantitative estimate of drug-likeness (QED) is 0.671. The second-order valence-electron chi connectivity index (χ2n) is 6.90. The summed E-state index contributed by atoms with van der Waals surface area (Å²) >= 11 is 11.4. The Hall–Kier alpha value is -2.42. The Morgan fingerprint density at radius 1 is 1.20 bits per heavy atom. The van der Waals surface area contributed by atoms with E-state index in [1.54, 1.807) is 12.1 Å². The van der Waals surface area contributed by atoms with E-state index in [4.69, 9.17) is 27.9 Å². The van der Waals surface area contributed by atoms with Gasteiger partial charge in [-0.3, -0.25) is 15.0 Å². The van der Waals surface area contributed by atoms with E-state index in [1.807, 2.05) is 5.01 Å². The molecule has 0 atom stereocenters. The van der Waals surface area contributed by atoms with E-state index in [9.17, 15) is 14.0 Å². The number of nitrogens with zero attached hydrogens (tertiary/aromatic N) is 2. The minimum atomic E-state index is -0.601. The molecular formula is C20H21Cl2FN4O3. The van der Waals surface area contributed by atoms with Gasteiger partial charge in [-0.25, -0.2) is 14.4 Å². The zero-order valence-electron chi connectivity index (χ0n) is 16.0. The van der Waals surface area contributed by atoms with E-state index in [-0.39, 0.29) is 29.2 Å². The number of ether oxygens (including phenoxy) is 1. The van der Waals surface area contributed by atoms with Crippen LogP contribution in [0.1, 0.15) is 23.3 Å². The Balaban J connectivity index is 1.34. The van der Waals surface area contributed by atoms with Gasteiger partial charge in [-0.1, -0.05) is 23.2 Å². The number of aromatic nitrogens is 1. The van der Waals surface area contributed by atoms with Gasteiger partial charge < -0.3 is 10.1 Å². The number of hydrogen-bond donors (Lipinski definition) is 2. The van der Waals surface area contributed by atoms with E-state index in [0.717, 1.165) is 18.9 Å². The van der Waals surface area contributed by atoms with Crippen LogP contribution in [0.5, 0.6) is 5.75 Å². The van der Waals surface area contributed by atoms with Crippen LogP contribution in [0.25, 0.3) is 0 Å². The number of nitrogens with one attached hydrogen (secondary N) is 2. The van der Waals surface area contributed by atoms with Gasteiger partial charge in [-0.2, -0.15) is 0 Å². The van der Waals surface area contributed by atoms with Crippen LogP contribution in [0.15, 0.2) is 36.5 Å². The topological polar surface area (TPSA) is 83.6 Å². The lowest BCUT2D eigenvalue weighted by molar-refractivity contribution is -0.128. The molecule has 1 saturated heterocycles. The molecule has 1 aliphatic heterocycles. The van der Waals surface area contributed by atoms with Crippen molar-refractivity contribution in [1.29, 1.82) is 0 Å². The first-order valence-corrected chi connectivity index (χ1v) is 10.2. The first-order valence-electron chi connectivity index (χ1n) is 9.43. The van der Waals surface area contributed by atoms with E-state index in [2.05, 4.69) is 15.7 Å². The number of carbonyl (C=O) groups excluding carboxylic acids is 2. The van der Waals surface area contributed by atoms with Gasteiger partial charge in [-0.15, -0.1) is 0 Å². The number of carbonyl (C=O) groups is 2. The van der Waals surface area contributed by atoms with E-state index >= 15 is 0 Å². The summed E-state index contributed by atoms with van der Waals surface area (Å²) in [5.41, 5.74) is 3.10. The molecule has 2 amide bonds. The summed E-state index contributed by atoms with van der Waals surface area (Å²) in [6.07, 6.45) is 3.07. The highest BCUT2D eigenvalue weighted by molar-refractivity contribution is 6.30. The Bertz CT molecular complexity index is 890. The van der Waals surface area contributed by atoms with Gasteiger partial charge in [0.25, 0.3) is 11.8 Å². The van der Waals surface area contributed by atoms with Gasteiger partial charge in [-0.05, 0) is 43.0 Å². The molecule has 0 radical (unpaired) electrons. The number of pyridine rings is 1. The molecule has 0 bridgehead atoms. The molecule has 1 fully saturated rings. The molecule has 3 rings (SSSR count). The highest BCUT2D eigenvalue weighted by atomic mass is 35.5. The van der Waals surface area contributed by atoms with Crippen LogP contribution in [-0.2, 0) is 4.79 Å². The van der Waals surface area contributed by atoms with Crippen molar-refractivity contribution in [3.63, 3.8) is 0 Å². The summed E-state index contributed by atoms with van der Waals surface area (Å²) in [4.78, 5) is 28.1. The molecule has 1 aromatic carbocycles. The van der Waals surface area contributed by atoms with Gasteiger partial charge in [0.15, 0.2) is 6.61 Å². The summed E-state index contributed by atoms with van der Waals surface area (Å²) in [5.74, 6) is -0.626. The third-order valence-corrected chi connectivity index (χ3v) is 5.20. The second-order valence-corrected chi connectivity index (χ2v) is 7.75. The number of benzene rings is 1. The van der Waals surface area contributed by atoms with Gasteiger partial charge in [0.05, 0.1) is 10.0 Å². The van der Waals surface area contributed by atoms with Gasteiger partial charge >= 0.3 is 0 Å². The Kier molecular flexibility index (Phi) is 7.84. The van der Waals surface area contributed by atoms with Crippen molar-refractivity contribution >= 4 is 35.0 Å². The lowest BCUT2D eigenvalue weighted by Crippen LogP contribution is -2.49. The van der Waals surface area contributed by atoms with Crippen LogP contribution < -0.4 is 15.5 Å². The zero-order chi connectivity index (χ0) is 21.5. The van der Waals surface area contributed by atoms with Crippen LogP contribution in [0, 0.1) is 11.7 Å². The van der Waals surface area contributed by atoms with E-state index < -0.39 is 5.82 Å². The SMILES string of the molecule is O=C(COc1ccc(Cl)c(F)c1)NN1CCC(CNC(=O)c2ccc(Cl)cn2)CC1. The van der Waals surface area contributed by atoms with Crippen LogP contribution >= 0.6 is 23.2 Å². The van der Waals surface area contributed by atoms with Crippen molar-refractivity contribution in [2.45, 2.75) is 12.8 Å². The molecule has 0 unspecified atom stereocenters. The molecule has 1 aliphatic rings. The lowest BCUT2D eigenvalue weighted by atomic mass is 9.97. The maximum atomic E-state index is 13.4. The summed E-state index contributed by atoms with van der Waals surface area (Å²) in [7, 11) is 0. The summed E-state index contributed by atoms with van der Waals surface area (Å²) in [6.45, 7) is 1.61. The number of hydrogen-bond acceptors (Lipinski definition) is 5. The molecule has 0 saturated carbocycles. The predicted molar refractivity (Wildman–Crippen MR) is 111 cm³/mol. The number of halogens is 3. The summed E-state index contributed by atoms with van der Waals surface area (Å²) in [5, 5.41) is 5.17. The molecule has 2 N–H and O–H groups in total. The maximum absolute atomic E-state index is 13.4. The Labute approximate surface area is 183 Å². The highest BCUT2D eigenvalue weighted by Gasteiger charge is 2.21. The lowest BCUT2D eigenvalue weighted by Gasteiger charge is -2.32. The molecule has 2 aromatic rings. The third kappa shape index (κ3) is 6.55. The zero-order valence-corrected chi connectivity index (χ0v) is 17.5. The maximum Gasteiger partial charge on any atom is 0.272 e. The van der Waals surface area contributed by atoms with Crippen molar-refractivity contribution in [2.24, 2.45) is 5.92 Å². The number of amides is 2. The number of piperidine rings is 1. The van der Waals surface area contributed by atoms with Crippen molar-refractivity contribution in [1.82, 2.24) is 20.7 Å². The molecule has 0 aliphatic carbocycles. The molecule has 30 heavy (non-hydrogen) atoms. The van der Waals surface area contributed by atoms with Crippen molar-refractivity contribution in [2.75, 3.05) is 26.2 Å². The molecule has 0 spiro atoms. The number of hydrazine groups is 1. The fourth-order valence-electron chi connectivity index (χ4n) is 3.01. The summed E-state index contributed by atoms with van der Waals surface area (Å²) < 4.78 is 18.7. The van der Waals surface area contributed by atoms with Crippen LogP contribution in [-0.4, -0.2) is 48.0 Å². The minimum absolute atomic E-state index is 0.00436. The number of rotatable bonds is 7. The molecule has 1 aromatic heterocycles. The third-order valence-electron chi connectivity index (χ3n) is 4.67. The second kappa shape index (κ2) is 10.6. The molecule has 160 valence electrons. The Morgan fingerprint density at radius 3 is 2.63 bits per heavy atom. The first kappa shape index (κ1) is 22.3. The van der Waals surface area contributed by atoms with Crippen molar-refractivity contribution in [3.8, 4) is 5.75 Å². The smallest absolute Gasteiger partial charge is 0.272 e. The predicted octanol–water partition coefficient (Wildman–Crippen LogP) is 3.08. The summed E-state index contributed by atoms with van der Waals surface area (Å²) in [6, 6.07) is 7.21. The molecular weight excluding hydrogens is 434 g/mol. The standard InChI is InChI=1S/C20H21Cl2FN4O3/c21-14-1-4-18(24-11-14)20(29)25-10-13-5-7-27(8-6-13)26-19(28)12-30-15-2-3-16(22)17(23)9-15/h1-4,9,11,13H,5-8,10,12H2,(H,25,29)(H,26,28). The van der Waals surface area contributed by atoms with Gasteiger partial charge in [0, 0.05) is 31.9 Å². The molecule has 7 nitrogen and oxygen atoms in total. The van der Waals surface area contributed by atoms with E-state index in [1.165, 1.54) is 18.3 Å². The highest BCUT2D eigenvalue weighted by Crippen LogP contribution is 2.20. The Morgan fingerprint density at radius 2 is 1.97 bits per heavy atom. The average molecular weight is 455 g/mol. The van der Waals surface area contributed by atoms with Crippen LogP contribution in [0.2, 0.25) is 10.0 Å². The van der Waals surface area contributed by atoms with Gasteiger partial charge in [0.2, 0.25) is 0 Å². The molecule has 10 heteroatoms. The first-order chi connectivity index (χ1) is 14.4. The average Bonchev–Trinajstić information content (AvgIpc) is 2.74. The normalized spacial score (nSPS) is 14.9. The largest absolute Gasteiger partial charge is 0.484 e. The monoisotopic (exact) mass is 454 g/mol. The van der Waals surface area contributed by atoms with Crippen molar-refractivity contribution in [3.05, 3.63) is 58.1 Å².